The van der Waals surface area contributed by atoms with E-state index in [4.69, 9.17) is 22.1 Å². The highest BCUT2D eigenvalue weighted by Crippen LogP contribution is 2.13. The topological polar surface area (TPSA) is 58.9 Å². The molecule has 1 aliphatic rings. The van der Waals surface area contributed by atoms with Crippen LogP contribution < -0.4 is 5.73 Å². The molecule has 0 saturated carbocycles. The van der Waals surface area contributed by atoms with Crippen LogP contribution in [0.15, 0.2) is 36.5 Å². The number of halogens is 1. The van der Waals surface area contributed by atoms with E-state index in [0.717, 1.165) is 12.2 Å². The van der Waals surface area contributed by atoms with Crippen LogP contribution in [0.5, 0.6) is 0 Å². The smallest absolute Gasteiger partial charge is 0.250 e. The van der Waals surface area contributed by atoms with Crippen LogP contribution in [0.2, 0.25) is 0 Å². The third-order valence-electron chi connectivity index (χ3n) is 2.31. The highest BCUT2D eigenvalue weighted by Gasteiger charge is 2.19. The van der Waals surface area contributed by atoms with Crippen LogP contribution >= 0.6 is 11.6 Å². The SMILES string of the molecule is CN(C)C=C(C(N)=O)c1ccccc1.ClCC1CO1. The first-order chi connectivity index (χ1) is 9.04. The molecule has 0 aromatic heterocycles. The number of amides is 1. The Bertz CT molecular complexity index is 428. The second-order valence-electron chi connectivity index (χ2n) is 4.35. The number of nitrogens with zero attached hydrogens (tertiary/aromatic N) is 1. The lowest BCUT2D eigenvalue weighted by Gasteiger charge is -2.09. The molecule has 0 bridgehead atoms. The Morgan fingerprint density at radius 3 is 2.37 bits per heavy atom. The van der Waals surface area contributed by atoms with Gasteiger partial charge in [0, 0.05) is 20.3 Å². The predicted molar refractivity (Wildman–Crippen MR) is 77.8 cm³/mol. The van der Waals surface area contributed by atoms with Crippen molar-refractivity contribution in [1.29, 1.82) is 0 Å². The molecule has 1 heterocycles. The Balaban J connectivity index is 0.000000300. The quantitative estimate of drug-likeness (QED) is 0.519. The molecular formula is C14H19ClN2O2. The van der Waals surface area contributed by atoms with Crippen molar-refractivity contribution in [2.75, 3.05) is 26.6 Å². The highest BCUT2D eigenvalue weighted by molar-refractivity contribution is 6.18. The first-order valence-corrected chi connectivity index (χ1v) is 6.49. The molecule has 5 heteroatoms. The van der Waals surface area contributed by atoms with Gasteiger partial charge in [-0.15, -0.1) is 11.6 Å². The van der Waals surface area contributed by atoms with Crippen molar-refractivity contribution in [3.05, 3.63) is 42.1 Å². The van der Waals surface area contributed by atoms with Crippen molar-refractivity contribution in [3.8, 4) is 0 Å². The molecule has 1 aromatic rings. The van der Waals surface area contributed by atoms with Crippen molar-refractivity contribution in [1.82, 2.24) is 4.90 Å². The fourth-order valence-electron chi connectivity index (χ4n) is 1.31. The molecule has 2 N–H and O–H groups in total. The number of hydrogen-bond acceptors (Lipinski definition) is 3. The molecule has 1 saturated heterocycles. The van der Waals surface area contributed by atoms with E-state index >= 15 is 0 Å². The van der Waals surface area contributed by atoms with Gasteiger partial charge >= 0.3 is 0 Å². The number of ether oxygens (including phenoxy) is 1. The monoisotopic (exact) mass is 282 g/mol. The zero-order valence-electron chi connectivity index (χ0n) is 11.2. The summed E-state index contributed by atoms with van der Waals surface area (Å²) in [7, 11) is 3.71. The van der Waals surface area contributed by atoms with E-state index in [-0.39, 0.29) is 0 Å². The lowest BCUT2D eigenvalue weighted by molar-refractivity contribution is -0.112. The maximum atomic E-state index is 11.2. The number of carbonyl (C=O) groups excluding carboxylic acids is 1. The van der Waals surface area contributed by atoms with Crippen LogP contribution in [0, 0.1) is 0 Å². The molecule has 1 unspecified atom stereocenters. The van der Waals surface area contributed by atoms with Gasteiger partial charge in [-0.05, 0) is 5.56 Å². The zero-order valence-corrected chi connectivity index (χ0v) is 11.9. The summed E-state index contributed by atoms with van der Waals surface area (Å²) >= 11 is 5.27. The molecule has 1 fully saturated rings. The number of rotatable bonds is 4. The molecule has 0 radical (unpaired) electrons. The summed E-state index contributed by atoms with van der Waals surface area (Å²) in [6, 6.07) is 9.38. The summed E-state index contributed by atoms with van der Waals surface area (Å²) in [6.45, 7) is 0.878. The van der Waals surface area contributed by atoms with Gasteiger partial charge in [0.2, 0.25) is 0 Å². The molecule has 4 nitrogen and oxygen atoms in total. The van der Waals surface area contributed by atoms with E-state index in [1.54, 1.807) is 11.1 Å². The van der Waals surface area contributed by atoms with Gasteiger partial charge in [-0.25, -0.2) is 0 Å². The zero-order chi connectivity index (χ0) is 14.3. The van der Waals surface area contributed by atoms with Crippen molar-refractivity contribution in [2.45, 2.75) is 6.10 Å². The third-order valence-corrected chi connectivity index (χ3v) is 2.66. The van der Waals surface area contributed by atoms with Crippen LogP contribution in [0.4, 0.5) is 0 Å². The van der Waals surface area contributed by atoms with E-state index in [9.17, 15) is 4.79 Å². The highest BCUT2D eigenvalue weighted by atomic mass is 35.5. The summed E-state index contributed by atoms with van der Waals surface area (Å²) in [4.78, 5) is 13.0. The Labute approximate surface area is 118 Å². The molecule has 1 aromatic carbocycles. The van der Waals surface area contributed by atoms with Crippen molar-refractivity contribution < 1.29 is 9.53 Å². The van der Waals surface area contributed by atoms with Crippen LogP contribution in [-0.4, -0.2) is 43.5 Å². The fourth-order valence-corrected chi connectivity index (χ4v) is 1.49. The fraction of sp³-hybridized carbons (Fsp3) is 0.357. The molecule has 1 aliphatic heterocycles. The summed E-state index contributed by atoms with van der Waals surface area (Å²) in [5, 5.41) is 0. The van der Waals surface area contributed by atoms with E-state index in [1.165, 1.54) is 0 Å². The molecule has 1 amide bonds. The van der Waals surface area contributed by atoms with Gasteiger partial charge < -0.3 is 15.4 Å². The summed E-state index contributed by atoms with van der Waals surface area (Å²) in [5.41, 5.74) is 6.65. The van der Waals surface area contributed by atoms with Crippen molar-refractivity contribution >= 4 is 23.1 Å². The standard InChI is InChI=1S/C11H14N2O.C3H5ClO/c1-13(2)8-10(11(12)14)9-6-4-3-5-7-9;4-1-3-2-5-3/h3-8H,1-2H3,(H2,12,14);3H,1-2H2. The average Bonchev–Trinajstić information content (AvgIpc) is 3.21. The number of alkyl halides is 1. The van der Waals surface area contributed by atoms with Crippen LogP contribution in [0.3, 0.4) is 0 Å². The minimum absolute atomic E-state index is 0.400. The summed E-state index contributed by atoms with van der Waals surface area (Å²) < 4.78 is 4.73. The molecule has 19 heavy (non-hydrogen) atoms. The van der Waals surface area contributed by atoms with E-state index in [0.29, 0.717) is 17.6 Å². The number of benzene rings is 1. The third kappa shape index (κ3) is 6.27. The normalized spacial score (nSPS) is 17.2. The number of epoxide rings is 1. The lowest BCUT2D eigenvalue weighted by atomic mass is 10.1. The van der Waals surface area contributed by atoms with Crippen LogP contribution in [0.25, 0.3) is 5.57 Å². The number of hydrogen-bond donors (Lipinski definition) is 1. The summed E-state index contributed by atoms with van der Waals surface area (Å²) in [6.07, 6.45) is 2.12. The first-order valence-electron chi connectivity index (χ1n) is 5.95. The van der Waals surface area contributed by atoms with Gasteiger partial charge in [0.1, 0.15) is 0 Å². The van der Waals surface area contributed by atoms with Gasteiger partial charge in [-0.3, -0.25) is 4.79 Å². The maximum Gasteiger partial charge on any atom is 0.250 e. The minimum Gasteiger partial charge on any atom is -0.383 e. The van der Waals surface area contributed by atoms with Crippen molar-refractivity contribution in [2.24, 2.45) is 5.73 Å². The average molecular weight is 283 g/mol. The minimum atomic E-state index is -0.412. The number of carbonyl (C=O) groups is 1. The van der Waals surface area contributed by atoms with E-state index < -0.39 is 5.91 Å². The lowest BCUT2D eigenvalue weighted by Crippen LogP contribution is -2.16. The number of primary amides is 1. The molecule has 1 atom stereocenters. The second kappa shape index (κ2) is 7.81. The molecule has 104 valence electrons. The van der Waals surface area contributed by atoms with Gasteiger partial charge in [-0.1, -0.05) is 30.3 Å². The summed E-state index contributed by atoms with van der Waals surface area (Å²) in [5.74, 6) is 0.255. The first kappa shape index (κ1) is 15.5. The maximum absolute atomic E-state index is 11.2. The van der Waals surface area contributed by atoms with Gasteiger partial charge in [0.25, 0.3) is 5.91 Å². The van der Waals surface area contributed by atoms with Crippen molar-refractivity contribution in [3.63, 3.8) is 0 Å². The predicted octanol–water partition coefficient (Wildman–Crippen LogP) is 1.70. The Hall–Kier alpha value is -1.52. The second-order valence-corrected chi connectivity index (χ2v) is 4.65. The molecule has 2 rings (SSSR count). The van der Waals surface area contributed by atoms with Gasteiger partial charge in [-0.2, -0.15) is 0 Å². The van der Waals surface area contributed by atoms with Crippen LogP contribution in [-0.2, 0) is 9.53 Å². The Kier molecular flexibility index (Phi) is 6.39. The van der Waals surface area contributed by atoms with Crippen LogP contribution in [0.1, 0.15) is 5.56 Å². The Morgan fingerprint density at radius 2 is 2.05 bits per heavy atom. The Morgan fingerprint density at radius 1 is 1.47 bits per heavy atom. The number of nitrogens with two attached hydrogens (primary N) is 1. The largest absolute Gasteiger partial charge is 0.383 e. The van der Waals surface area contributed by atoms with Gasteiger partial charge in [0.15, 0.2) is 0 Å². The molecule has 0 spiro atoms. The molecule has 0 aliphatic carbocycles. The molecular weight excluding hydrogens is 264 g/mol. The van der Waals surface area contributed by atoms with E-state index in [2.05, 4.69) is 0 Å². The van der Waals surface area contributed by atoms with E-state index in [1.807, 2.05) is 44.4 Å². The van der Waals surface area contributed by atoms with Gasteiger partial charge in [0.05, 0.1) is 24.2 Å².